The number of hydrogen-bond donors (Lipinski definition) is 2. The summed E-state index contributed by atoms with van der Waals surface area (Å²) in [4.78, 5) is 20.1. The second-order valence-electron chi connectivity index (χ2n) is 6.25. The Kier molecular flexibility index (Phi) is 6.05. The van der Waals surface area contributed by atoms with Crippen molar-refractivity contribution in [3.63, 3.8) is 0 Å². The third-order valence-corrected chi connectivity index (χ3v) is 4.31. The molecule has 2 aromatic rings. The van der Waals surface area contributed by atoms with Crippen LogP contribution in [-0.4, -0.2) is 22.4 Å². The summed E-state index contributed by atoms with van der Waals surface area (Å²) in [5.41, 5.74) is 0.898. The average molecular weight is 376 g/mol. The zero-order valence-electron chi connectivity index (χ0n) is 14.6. The summed E-state index contributed by atoms with van der Waals surface area (Å²) in [6.07, 6.45) is 10.6. The molecular weight excluding hydrogens is 357 g/mol. The van der Waals surface area contributed by atoms with Gasteiger partial charge in [0, 0.05) is 6.54 Å². The number of hydrogen-bond acceptors (Lipinski definition) is 4. The molecule has 142 valence electrons. The number of allylic oxidation sites excluding steroid dienone is 1. The maximum absolute atomic E-state index is 13.6. The number of amides is 1. The van der Waals surface area contributed by atoms with Crippen LogP contribution < -0.4 is 10.6 Å². The van der Waals surface area contributed by atoms with Crippen molar-refractivity contribution in [2.75, 3.05) is 17.2 Å². The molecular formula is C19H19F3N4O. The van der Waals surface area contributed by atoms with Gasteiger partial charge in [0.1, 0.15) is 11.5 Å². The zero-order valence-corrected chi connectivity index (χ0v) is 14.6. The van der Waals surface area contributed by atoms with E-state index in [1.807, 2.05) is 0 Å². The highest BCUT2D eigenvalue weighted by atomic mass is 19.2. The fourth-order valence-electron chi connectivity index (χ4n) is 2.83. The Morgan fingerprint density at radius 1 is 1.07 bits per heavy atom. The van der Waals surface area contributed by atoms with Gasteiger partial charge in [-0.2, -0.15) is 0 Å². The minimum atomic E-state index is -1.65. The fourth-order valence-corrected chi connectivity index (χ4v) is 2.83. The third kappa shape index (κ3) is 4.84. The molecule has 0 saturated carbocycles. The molecule has 8 heteroatoms. The largest absolute Gasteiger partial charge is 0.368 e. The van der Waals surface area contributed by atoms with Crippen LogP contribution in [0.3, 0.4) is 0 Å². The van der Waals surface area contributed by atoms with E-state index in [0.717, 1.165) is 31.4 Å². The van der Waals surface area contributed by atoms with Gasteiger partial charge in [0.15, 0.2) is 17.5 Å². The lowest BCUT2D eigenvalue weighted by Crippen LogP contribution is -2.16. The van der Waals surface area contributed by atoms with Crippen molar-refractivity contribution < 1.29 is 18.0 Å². The fraction of sp³-hybridized carbons (Fsp3) is 0.316. The van der Waals surface area contributed by atoms with Crippen LogP contribution in [0.4, 0.5) is 24.7 Å². The third-order valence-electron chi connectivity index (χ3n) is 4.31. The monoisotopic (exact) mass is 376 g/mol. The Balaban J connectivity index is 1.55. The lowest BCUT2D eigenvalue weighted by atomic mass is 9.97. The number of benzene rings is 1. The van der Waals surface area contributed by atoms with Gasteiger partial charge in [0.05, 0.1) is 18.1 Å². The van der Waals surface area contributed by atoms with E-state index < -0.39 is 29.0 Å². The maximum atomic E-state index is 13.6. The van der Waals surface area contributed by atoms with Gasteiger partial charge in [-0.15, -0.1) is 0 Å². The summed E-state index contributed by atoms with van der Waals surface area (Å²) in [7, 11) is 0. The molecule has 5 nitrogen and oxygen atoms in total. The number of nitrogens with one attached hydrogen (secondary N) is 2. The van der Waals surface area contributed by atoms with Gasteiger partial charge in [0.2, 0.25) is 0 Å². The number of carbonyl (C=O) groups excluding carboxylic acids is 1. The van der Waals surface area contributed by atoms with Crippen molar-refractivity contribution in [2.24, 2.45) is 0 Å². The van der Waals surface area contributed by atoms with E-state index in [1.165, 1.54) is 30.8 Å². The summed E-state index contributed by atoms with van der Waals surface area (Å²) < 4.78 is 39.7. The Bertz CT molecular complexity index is 853. The van der Waals surface area contributed by atoms with Gasteiger partial charge in [-0.25, -0.2) is 23.1 Å². The predicted molar refractivity (Wildman–Crippen MR) is 96.0 cm³/mol. The first kappa shape index (κ1) is 18.9. The van der Waals surface area contributed by atoms with Gasteiger partial charge >= 0.3 is 0 Å². The van der Waals surface area contributed by atoms with Crippen LogP contribution in [0.1, 0.15) is 42.6 Å². The molecule has 1 aliphatic carbocycles. The van der Waals surface area contributed by atoms with Gasteiger partial charge in [-0.3, -0.25) is 4.79 Å². The van der Waals surface area contributed by atoms with Crippen molar-refractivity contribution in [1.82, 2.24) is 9.97 Å². The number of rotatable bonds is 6. The van der Waals surface area contributed by atoms with Crippen molar-refractivity contribution in [3.05, 3.63) is 59.3 Å². The van der Waals surface area contributed by atoms with E-state index in [-0.39, 0.29) is 5.69 Å². The molecule has 2 N–H and O–H groups in total. The SMILES string of the molecule is O=C(Nc1ccc(F)c(F)c1F)c1cnc(NCCC2=CCCCC2)cn1. The molecule has 1 aromatic heterocycles. The second-order valence-corrected chi connectivity index (χ2v) is 6.25. The van der Waals surface area contributed by atoms with Crippen molar-refractivity contribution in [3.8, 4) is 0 Å². The Morgan fingerprint density at radius 2 is 1.93 bits per heavy atom. The van der Waals surface area contributed by atoms with Gasteiger partial charge in [-0.05, 0) is 44.2 Å². The van der Waals surface area contributed by atoms with Gasteiger partial charge < -0.3 is 10.6 Å². The molecule has 0 radical (unpaired) electrons. The molecule has 3 rings (SSSR count). The number of halogens is 3. The molecule has 0 spiro atoms. The molecule has 0 bridgehead atoms. The molecule has 1 aromatic carbocycles. The van der Waals surface area contributed by atoms with Crippen molar-refractivity contribution >= 4 is 17.4 Å². The first-order valence-electron chi connectivity index (χ1n) is 8.73. The second kappa shape index (κ2) is 8.66. The van der Waals surface area contributed by atoms with Gasteiger partial charge in [0.25, 0.3) is 5.91 Å². The number of aromatic nitrogens is 2. The number of anilines is 2. The van der Waals surface area contributed by atoms with Crippen LogP contribution in [0.5, 0.6) is 0 Å². The van der Waals surface area contributed by atoms with E-state index in [0.29, 0.717) is 12.4 Å². The first-order chi connectivity index (χ1) is 13.0. The lowest BCUT2D eigenvalue weighted by Gasteiger charge is -2.13. The van der Waals surface area contributed by atoms with Gasteiger partial charge in [-0.1, -0.05) is 11.6 Å². The van der Waals surface area contributed by atoms with Crippen LogP contribution in [0, 0.1) is 17.5 Å². The predicted octanol–water partition coefficient (Wildman–Crippen LogP) is 4.45. The quantitative estimate of drug-likeness (QED) is 0.577. The molecule has 0 atom stereocenters. The van der Waals surface area contributed by atoms with E-state index in [2.05, 4.69) is 26.7 Å². The average Bonchev–Trinajstić information content (AvgIpc) is 2.70. The van der Waals surface area contributed by atoms with E-state index in [1.54, 1.807) is 0 Å². The smallest absolute Gasteiger partial charge is 0.275 e. The minimum Gasteiger partial charge on any atom is -0.368 e. The Labute approximate surface area is 154 Å². The van der Waals surface area contributed by atoms with E-state index in [4.69, 9.17) is 0 Å². The molecule has 0 unspecified atom stereocenters. The highest BCUT2D eigenvalue weighted by molar-refractivity contribution is 6.02. The van der Waals surface area contributed by atoms with Crippen molar-refractivity contribution in [1.29, 1.82) is 0 Å². The van der Waals surface area contributed by atoms with Crippen LogP contribution in [0.2, 0.25) is 0 Å². The molecule has 0 saturated heterocycles. The molecule has 1 aliphatic rings. The normalized spacial score (nSPS) is 13.8. The standard InChI is InChI=1S/C19H19F3N4O/c20-13-6-7-14(18(22)17(13)21)26-19(27)15-10-25-16(11-24-15)23-9-8-12-4-2-1-3-5-12/h4,6-7,10-11H,1-3,5,8-9H2,(H,23,25)(H,26,27). The molecule has 0 fully saturated rings. The van der Waals surface area contributed by atoms with E-state index in [9.17, 15) is 18.0 Å². The minimum absolute atomic E-state index is 0.0697. The zero-order chi connectivity index (χ0) is 19.2. The maximum Gasteiger partial charge on any atom is 0.275 e. The lowest BCUT2D eigenvalue weighted by molar-refractivity contribution is 0.102. The number of carbonyl (C=O) groups is 1. The first-order valence-corrected chi connectivity index (χ1v) is 8.73. The molecule has 27 heavy (non-hydrogen) atoms. The summed E-state index contributed by atoms with van der Waals surface area (Å²) in [5.74, 6) is -4.70. The molecule has 1 heterocycles. The van der Waals surface area contributed by atoms with Crippen LogP contribution in [0.25, 0.3) is 0 Å². The van der Waals surface area contributed by atoms with Crippen LogP contribution in [-0.2, 0) is 0 Å². The summed E-state index contributed by atoms with van der Waals surface area (Å²) in [5, 5.41) is 5.28. The summed E-state index contributed by atoms with van der Waals surface area (Å²) in [6, 6.07) is 1.67. The van der Waals surface area contributed by atoms with Crippen LogP contribution in [0.15, 0.2) is 36.2 Å². The Hall–Kier alpha value is -2.90. The molecule has 1 amide bonds. The highest BCUT2D eigenvalue weighted by Crippen LogP contribution is 2.21. The topological polar surface area (TPSA) is 66.9 Å². The molecule has 0 aliphatic heterocycles. The highest BCUT2D eigenvalue weighted by Gasteiger charge is 2.16. The Morgan fingerprint density at radius 3 is 2.63 bits per heavy atom. The number of nitrogens with zero attached hydrogens (tertiary/aromatic N) is 2. The summed E-state index contributed by atoms with van der Waals surface area (Å²) >= 11 is 0. The van der Waals surface area contributed by atoms with E-state index >= 15 is 0 Å². The van der Waals surface area contributed by atoms with Crippen molar-refractivity contribution in [2.45, 2.75) is 32.1 Å². The summed E-state index contributed by atoms with van der Waals surface area (Å²) in [6.45, 7) is 0.714. The van der Waals surface area contributed by atoms with Crippen LogP contribution >= 0.6 is 0 Å².